The first-order chi connectivity index (χ1) is 10.4. The van der Waals surface area contributed by atoms with Crippen LogP contribution >= 0.6 is 0 Å². The van der Waals surface area contributed by atoms with Crippen molar-refractivity contribution in [2.45, 2.75) is 31.9 Å². The molecule has 22 heavy (non-hydrogen) atoms. The van der Waals surface area contributed by atoms with Crippen LogP contribution in [-0.4, -0.2) is 34.5 Å². The Labute approximate surface area is 127 Å². The Morgan fingerprint density at radius 2 is 2.14 bits per heavy atom. The summed E-state index contributed by atoms with van der Waals surface area (Å²) in [5.41, 5.74) is 5.57. The van der Waals surface area contributed by atoms with Gasteiger partial charge >= 0.3 is 6.18 Å². The number of nitrogens with zero attached hydrogens (tertiary/aromatic N) is 3. The molecule has 2 heterocycles. The molecule has 1 aliphatic heterocycles. The van der Waals surface area contributed by atoms with Crippen molar-refractivity contribution in [3.8, 4) is 0 Å². The Morgan fingerprint density at radius 3 is 2.82 bits per heavy atom. The third kappa shape index (κ3) is 4.25. The lowest BCUT2D eigenvalue weighted by Crippen LogP contribution is -2.29. The largest absolute Gasteiger partial charge is 0.421 e. The third-order valence-electron chi connectivity index (χ3n) is 3.60. The number of nitrogen functional groups attached to an aromatic ring is 1. The van der Waals surface area contributed by atoms with Gasteiger partial charge in [0, 0.05) is 31.5 Å². The lowest BCUT2D eigenvalue weighted by atomic mass is 10.1. The second kappa shape index (κ2) is 6.85. The van der Waals surface area contributed by atoms with Crippen LogP contribution in [0.5, 0.6) is 0 Å². The van der Waals surface area contributed by atoms with Gasteiger partial charge < -0.3 is 16.0 Å². The maximum absolute atomic E-state index is 12.9. The molecule has 1 aliphatic rings. The number of likely N-dealkylation sites (tertiary alicyclic amines) is 1. The van der Waals surface area contributed by atoms with E-state index in [-0.39, 0.29) is 11.8 Å². The molecule has 1 saturated heterocycles. The van der Waals surface area contributed by atoms with Gasteiger partial charge in [-0.3, -0.25) is 0 Å². The molecular formula is C14H20F3N5. The Balaban J connectivity index is 1.89. The van der Waals surface area contributed by atoms with Crippen LogP contribution in [0.25, 0.3) is 0 Å². The molecule has 0 bridgehead atoms. The number of nitrogens with two attached hydrogens (primary N) is 1. The summed E-state index contributed by atoms with van der Waals surface area (Å²) >= 11 is 0. The lowest BCUT2D eigenvalue weighted by molar-refractivity contribution is -0.137. The number of rotatable bonds is 5. The van der Waals surface area contributed by atoms with E-state index in [4.69, 9.17) is 5.73 Å². The summed E-state index contributed by atoms with van der Waals surface area (Å²) in [6.07, 6.45) is 0.179. The summed E-state index contributed by atoms with van der Waals surface area (Å²) in [7, 11) is 0. The van der Waals surface area contributed by atoms with Gasteiger partial charge in [0.25, 0.3) is 0 Å². The minimum absolute atomic E-state index is 0.181. The highest BCUT2D eigenvalue weighted by atomic mass is 19.4. The molecule has 0 aliphatic carbocycles. The first-order valence-corrected chi connectivity index (χ1v) is 7.24. The monoisotopic (exact) mass is 315 g/mol. The van der Waals surface area contributed by atoms with Crippen LogP contribution < -0.4 is 11.1 Å². The van der Waals surface area contributed by atoms with E-state index in [0.717, 1.165) is 38.0 Å². The zero-order chi connectivity index (χ0) is 16.2. The normalized spacial score (nSPS) is 16.0. The van der Waals surface area contributed by atoms with Gasteiger partial charge in [0.1, 0.15) is 11.4 Å². The second-order valence-electron chi connectivity index (χ2n) is 5.28. The van der Waals surface area contributed by atoms with E-state index >= 15 is 0 Å². The molecule has 1 aromatic rings. The molecule has 3 N–H and O–H groups in total. The molecule has 0 unspecified atom stereocenters. The van der Waals surface area contributed by atoms with Gasteiger partial charge in [0.05, 0.1) is 0 Å². The Hall–Kier alpha value is -1.99. The van der Waals surface area contributed by atoms with Gasteiger partial charge in [-0.25, -0.2) is 4.98 Å². The fourth-order valence-electron chi connectivity index (χ4n) is 2.43. The number of halogens is 3. The van der Waals surface area contributed by atoms with Crippen molar-refractivity contribution in [2.24, 2.45) is 0 Å². The molecule has 0 amide bonds. The van der Waals surface area contributed by atoms with E-state index in [9.17, 15) is 13.2 Å². The van der Waals surface area contributed by atoms with Crippen molar-refractivity contribution in [2.75, 3.05) is 30.7 Å². The molecule has 8 heteroatoms. The summed E-state index contributed by atoms with van der Waals surface area (Å²) in [5, 5.41) is 2.71. The number of alkyl halides is 3. The summed E-state index contributed by atoms with van der Waals surface area (Å²) in [5.74, 6) is -0.447. The first-order valence-electron chi connectivity index (χ1n) is 7.24. The first kappa shape index (κ1) is 16.4. The Morgan fingerprint density at radius 1 is 1.36 bits per heavy atom. The number of aromatic nitrogens is 2. The SMILES string of the molecule is C=C1CCCCN1CCCNc1nc(N)ncc1C(F)(F)F. The number of nitrogens with one attached hydrogen (secondary N) is 1. The van der Waals surface area contributed by atoms with Crippen LogP contribution in [0.3, 0.4) is 0 Å². The van der Waals surface area contributed by atoms with Crippen molar-refractivity contribution < 1.29 is 13.2 Å². The van der Waals surface area contributed by atoms with Gasteiger partial charge in [-0.05, 0) is 25.7 Å². The summed E-state index contributed by atoms with van der Waals surface area (Å²) in [4.78, 5) is 9.23. The summed E-state index contributed by atoms with van der Waals surface area (Å²) in [6.45, 7) is 6.13. The molecule has 1 fully saturated rings. The van der Waals surface area contributed by atoms with Gasteiger partial charge in [-0.15, -0.1) is 0 Å². The van der Waals surface area contributed by atoms with Gasteiger partial charge in [-0.1, -0.05) is 6.58 Å². The molecule has 2 rings (SSSR count). The van der Waals surface area contributed by atoms with Gasteiger partial charge in [-0.2, -0.15) is 18.2 Å². The molecule has 0 aromatic carbocycles. The number of hydrogen-bond acceptors (Lipinski definition) is 5. The summed E-state index contributed by atoms with van der Waals surface area (Å²) < 4.78 is 38.6. The summed E-state index contributed by atoms with van der Waals surface area (Å²) in [6, 6.07) is 0. The van der Waals surface area contributed by atoms with Crippen LogP contribution in [0.4, 0.5) is 24.9 Å². The number of allylic oxidation sites excluding steroid dienone is 1. The van der Waals surface area contributed by atoms with Crippen molar-refractivity contribution >= 4 is 11.8 Å². The smallest absolute Gasteiger partial charge is 0.375 e. The fraction of sp³-hybridized carbons (Fsp3) is 0.571. The van der Waals surface area contributed by atoms with Gasteiger partial charge in [0.2, 0.25) is 5.95 Å². The van der Waals surface area contributed by atoms with Crippen LogP contribution in [0.1, 0.15) is 31.2 Å². The van der Waals surface area contributed by atoms with E-state index in [2.05, 4.69) is 26.8 Å². The van der Waals surface area contributed by atoms with Crippen LogP contribution in [0.15, 0.2) is 18.5 Å². The van der Waals surface area contributed by atoms with E-state index in [1.165, 1.54) is 0 Å². The highest BCUT2D eigenvalue weighted by Crippen LogP contribution is 2.33. The average Bonchev–Trinajstić information content (AvgIpc) is 2.44. The zero-order valence-electron chi connectivity index (χ0n) is 12.3. The molecule has 0 atom stereocenters. The topological polar surface area (TPSA) is 67.1 Å². The quantitative estimate of drug-likeness (QED) is 0.818. The Bertz CT molecular complexity index is 530. The molecule has 1 aromatic heterocycles. The highest BCUT2D eigenvalue weighted by molar-refractivity contribution is 5.47. The van der Waals surface area contributed by atoms with E-state index in [1.54, 1.807) is 0 Å². The maximum Gasteiger partial charge on any atom is 0.421 e. The van der Waals surface area contributed by atoms with Crippen molar-refractivity contribution in [1.82, 2.24) is 14.9 Å². The minimum Gasteiger partial charge on any atom is -0.375 e. The maximum atomic E-state index is 12.9. The van der Waals surface area contributed by atoms with Crippen LogP contribution in [-0.2, 0) is 6.18 Å². The van der Waals surface area contributed by atoms with Crippen LogP contribution in [0, 0.1) is 0 Å². The predicted octanol–water partition coefficient (Wildman–Crippen LogP) is 2.88. The van der Waals surface area contributed by atoms with Crippen LogP contribution in [0.2, 0.25) is 0 Å². The number of piperidine rings is 1. The molecule has 5 nitrogen and oxygen atoms in total. The minimum atomic E-state index is -4.50. The average molecular weight is 315 g/mol. The molecule has 0 saturated carbocycles. The number of anilines is 2. The van der Waals surface area contributed by atoms with Gasteiger partial charge in [0.15, 0.2) is 0 Å². The standard InChI is InChI=1S/C14H20F3N5/c1-10-5-2-3-7-22(10)8-4-6-19-12-11(14(15,16)17)9-20-13(18)21-12/h9H,1-8H2,(H3,18,19,20,21). The van der Waals surface area contributed by atoms with Crippen molar-refractivity contribution in [3.05, 3.63) is 24.0 Å². The lowest BCUT2D eigenvalue weighted by Gasteiger charge is -2.31. The highest BCUT2D eigenvalue weighted by Gasteiger charge is 2.35. The second-order valence-corrected chi connectivity index (χ2v) is 5.28. The van der Waals surface area contributed by atoms with Crippen molar-refractivity contribution in [1.29, 1.82) is 0 Å². The fourth-order valence-corrected chi connectivity index (χ4v) is 2.43. The predicted molar refractivity (Wildman–Crippen MR) is 79.1 cm³/mol. The molecule has 0 spiro atoms. The van der Waals surface area contributed by atoms with E-state index < -0.39 is 11.7 Å². The Kier molecular flexibility index (Phi) is 5.10. The molecule has 0 radical (unpaired) electrons. The van der Waals surface area contributed by atoms with E-state index in [1.807, 2.05) is 0 Å². The zero-order valence-corrected chi connectivity index (χ0v) is 12.3. The van der Waals surface area contributed by atoms with Crippen molar-refractivity contribution in [3.63, 3.8) is 0 Å². The number of hydrogen-bond donors (Lipinski definition) is 2. The third-order valence-corrected chi connectivity index (χ3v) is 3.60. The molecular weight excluding hydrogens is 295 g/mol. The van der Waals surface area contributed by atoms with E-state index in [0.29, 0.717) is 19.2 Å². The molecule has 122 valence electrons.